The van der Waals surface area contributed by atoms with Gasteiger partial charge in [0.25, 0.3) is 0 Å². The topological polar surface area (TPSA) is 95.9 Å². The number of methoxy groups -OCH3 is 1. The molecule has 0 spiro atoms. The number of carbonyl (C=O) groups is 2. The Balaban J connectivity index is 2.00. The van der Waals surface area contributed by atoms with Crippen LogP contribution >= 0.6 is 0 Å². The Morgan fingerprint density at radius 3 is 2.42 bits per heavy atom. The first-order chi connectivity index (χ1) is 12.5. The maximum atomic E-state index is 12.1. The Morgan fingerprint density at radius 1 is 1.12 bits per heavy atom. The van der Waals surface area contributed by atoms with Crippen molar-refractivity contribution in [3.05, 3.63) is 65.2 Å². The van der Waals surface area contributed by atoms with Gasteiger partial charge >= 0.3 is 5.97 Å². The SMILES string of the molecule is COc1ccc(CO)cc1C=CC(=O)Nc1ccc(CCC(=O)O)cc1. The van der Waals surface area contributed by atoms with Gasteiger partial charge in [-0.3, -0.25) is 9.59 Å². The molecule has 0 radical (unpaired) electrons. The predicted molar refractivity (Wildman–Crippen MR) is 99.0 cm³/mol. The quantitative estimate of drug-likeness (QED) is 0.633. The van der Waals surface area contributed by atoms with Crippen LogP contribution in [0.25, 0.3) is 6.08 Å². The summed E-state index contributed by atoms with van der Waals surface area (Å²) in [4.78, 5) is 22.6. The Kier molecular flexibility index (Phi) is 6.93. The van der Waals surface area contributed by atoms with E-state index in [2.05, 4.69) is 5.32 Å². The zero-order chi connectivity index (χ0) is 18.9. The molecule has 0 heterocycles. The minimum atomic E-state index is -0.840. The van der Waals surface area contributed by atoms with Gasteiger partial charge in [-0.1, -0.05) is 18.2 Å². The number of nitrogens with one attached hydrogen (secondary N) is 1. The summed E-state index contributed by atoms with van der Waals surface area (Å²) in [6.45, 7) is -0.0920. The van der Waals surface area contributed by atoms with E-state index in [1.54, 1.807) is 48.5 Å². The molecule has 26 heavy (non-hydrogen) atoms. The van der Waals surface area contributed by atoms with Crippen molar-refractivity contribution in [1.82, 2.24) is 0 Å². The van der Waals surface area contributed by atoms with Gasteiger partial charge in [-0.2, -0.15) is 0 Å². The van der Waals surface area contributed by atoms with Crippen LogP contribution in [0.4, 0.5) is 5.69 Å². The van der Waals surface area contributed by atoms with Crippen molar-refractivity contribution in [2.75, 3.05) is 12.4 Å². The van der Waals surface area contributed by atoms with Crippen LogP contribution in [0, 0.1) is 0 Å². The summed E-state index contributed by atoms with van der Waals surface area (Å²) >= 11 is 0. The zero-order valence-electron chi connectivity index (χ0n) is 14.4. The Morgan fingerprint density at radius 2 is 1.81 bits per heavy atom. The Bertz CT molecular complexity index is 796. The van der Waals surface area contributed by atoms with Gasteiger partial charge in [0.1, 0.15) is 5.75 Å². The van der Waals surface area contributed by atoms with E-state index in [1.165, 1.54) is 13.2 Å². The van der Waals surface area contributed by atoms with Crippen molar-refractivity contribution < 1.29 is 24.5 Å². The molecule has 0 saturated carbocycles. The molecule has 0 aliphatic rings. The average Bonchev–Trinajstić information content (AvgIpc) is 2.65. The van der Waals surface area contributed by atoms with Crippen molar-refractivity contribution in [3.8, 4) is 5.75 Å². The average molecular weight is 355 g/mol. The summed E-state index contributed by atoms with van der Waals surface area (Å²) in [5, 5.41) is 20.6. The van der Waals surface area contributed by atoms with E-state index in [4.69, 9.17) is 9.84 Å². The number of rotatable bonds is 8. The van der Waals surface area contributed by atoms with Crippen LogP contribution in [0.2, 0.25) is 0 Å². The van der Waals surface area contributed by atoms with Crippen LogP contribution in [-0.4, -0.2) is 29.2 Å². The third-order valence-corrected chi connectivity index (χ3v) is 3.74. The fourth-order valence-corrected chi connectivity index (χ4v) is 2.37. The molecule has 0 aliphatic carbocycles. The number of benzene rings is 2. The summed E-state index contributed by atoms with van der Waals surface area (Å²) in [5.74, 6) is -0.540. The van der Waals surface area contributed by atoms with E-state index in [1.807, 2.05) is 0 Å². The molecule has 0 aromatic heterocycles. The molecule has 2 rings (SSSR count). The number of carboxylic acids is 1. The number of aliphatic carboxylic acids is 1. The second kappa shape index (κ2) is 9.39. The number of aryl methyl sites for hydroxylation is 1. The molecule has 0 bridgehead atoms. The highest BCUT2D eigenvalue weighted by molar-refractivity contribution is 6.02. The molecular formula is C20H21NO5. The fourth-order valence-electron chi connectivity index (χ4n) is 2.37. The van der Waals surface area contributed by atoms with Crippen LogP contribution in [-0.2, 0) is 22.6 Å². The highest BCUT2D eigenvalue weighted by Gasteiger charge is 2.04. The summed E-state index contributed by atoms with van der Waals surface area (Å²) in [5.41, 5.74) is 2.93. The first-order valence-electron chi connectivity index (χ1n) is 8.09. The number of ether oxygens (including phenoxy) is 1. The van der Waals surface area contributed by atoms with Gasteiger partial charge in [-0.05, 0) is 47.9 Å². The zero-order valence-corrected chi connectivity index (χ0v) is 14.4. The molecule has 0 fully saturated rings. The van der Waals surface area contributed by atoms with E-state index in [9.17, 15) is 14.7 Å². The Hall–Kier alpha value is -3.12. The molecule has 3 N–H and O–H groups in total. The molecule has 0 unspecified atom stereocenters. The highest BCUT2D eigenvalue weighted by atomic mass is 16.5. The van der Waals surface area contributed by atoms with Crippen molar-refractivity contribution in [1.29, 1.82) is 0 Å². The van der Waals surface area contributed by atoms with Gasteiger partial charge in [-0.15, -0.1) is 0 Å². The second-order valence-corrected chi connectivity index (χ2v) is 5.65. The predicted octanol–water partition coefficient (Wildman–Crippen LogP) is 2.86. The van der Waals surface area contributed by atoms with Crippen LogP contribution in [0.1, 0.15) is 23.1 Å². The number of hydrogen-bond donors (Lipinski definition) is 3. The number of carboxylic acid groups (broad SMARTS) is 1. The maximum Gasteiger partial charge on any atom is 0.303 e. The van der Waals surface area contributed by atoms with Crippen LogP contribution in [0.15, 0.2) is 48.5 Å². The van der Waals surface area contributed by atoms with Gasteiger partial charge in [0.2, 0.25) is 5.91 Å². The lowest BCUT2D eigenvalue weighted by Crippen LogP contribution is -2.07. The first-order valence-corrected chi connectivity index (χ1v) is 8.09. The summed E-state index contributed by atoms with van der Waals surface area (Å²) in [6.07, 6.45) is 3.53. The summed E-state index contributed by atoms with van der Waals surface area (Å²) in [6, 6.07) is 12.3. The van der Waals surface area contributed by atoms with E-state index >= 15 is 0 Å². The van der Waals surface area contributed by atoms with Gasteiger partial charge < -0.3 is 20.3 Å². The van der Waals surface area contributed by atoms with E-state index in [0.717, 1.165) is 11.1 Å². The number of amides is 1. The molecule has 6 heteroatoms. The lowest BCUT2D eigenvalue weighted by Gasteiger charge is -2.07. The van der Waals surface area contributed by atoms with Crippen molar-refractivity contribution >= 4 is 23.6 Å². The normalized spacial score (nSPS) is 10.7. The monoisotopic (exact) mass is 355 g/mol. The van der Waals surface area contributed by atoms with Gasteiger partial charge in [-0.25, -0.2) is 0 Å². The van der Waals surface area contributed by atoms with Crippen molar-refractivity contribution in [2.45, 2.75) is 19.4 Å². The van der Waals surface area contributed by atoms with Crippen molar-refractivity contribution in [2.24, 2.45) is 0 Å². The molecular weight excluding hydrogens is 334 g/mol. The standard InChI is InChI=1S/C20H21NO5/c1-26-18-9-4-15(13-22)12-16(18)6-10-19(23)21-17-7-2-14(3-8-17)5-11-20(24)25/h2-4,6-10,12,22H,5,11,13H2,1H3,(H,21,23)(H,24,25). The van der Waals surface area contributed by atoms with E-state index in [-0.39, 0.29) is 18.9 Å². The minimum absolute atomic E-state index is 0.0726. The lowest BCUT2D eigenvalue weighted by molar-refractivity contribution is -0.137. The van der Waals surface area contributed by atoms with Gasteiger partial charge in [0.15, 0.2) is 0 Å². The minimum Gasteiger partial charge on any atom is -0.496 e. The number of aliphatic hydroxyl groups excluding tert-OH is 1. The summed E-state index contributed by atoms with van der Waals surface area (Å²) < 4.78 is 5.24. The van der Waals surface area contributed by atoms with Crippen LogP contribution < -0.4 is 10.1 Å². The highest BCUT2D eigenvalue weighted by Crippen LogP contribution is 2.21. The molecule has 6 nitrogen and oxygen atoms in total. The molecule has 0 atom stereocenters. The lowest BCUT2D eigenvalue weighted by atomic mass is 10.1. The van der Waals surface area contributed by atoms with E-state index < -0.39 is 5.97 Å². The largest absolute Gasteiger partial charge is 0.496 e. The van der Waals surface area contributed by atoms with Crippen LogP contribution in [0.3, 0.4) is 0 Å². The first kappa shape index (κ1) is 19.2. The number of hydrogen-bond acceptors (Lipinski definition) is 4. The molecule has 2 aromatic carbocycles. The molecule has 0 saturated heterocycles. The molecule has 2 aromatic rings. The summed E-state index contributed by atoms with van der Waals surface area (Å²) in [7, 11) is 1.54. The number of carbonyl (C=O) groups excluding carboxylic acids is 1. The second-order valence-electron chi connectivity index (χ2n) is 5.65. The van der Waals surface area contributed by atoms with Crippen molar-refractivity contribution in [3.63, 3.8) is 0 Å². The molecule has 0 aliphatic heterocycles. The number of anilines is 1. The van der Waals surface area contributed by atoms with Crippen LogP contribution in [0.5, 0.6) is 5.75 Å². The van der Waals surface area contributed by atoms with E-state index in [0.29, 0.717) is 23.4 Å². The Labute approximate surface area is 151 Å². The van der Waals surface area contributed by atoms with Gasteiger partial charge in [0, 0.05) is 23.7 Å². The number of aliphatic hydroxyl groups is 1. The third kappa shape index (κ3) is 5.75. The smallest absolute Gasteiger partial charge is 0.303 e. The maximum absolute atomic E-state index is 12.1. The van der Waals surface area contributed by atoms with Gasteiger partial charge in [0.05, 0.1) is 13.7 Å². The molecule has 1 amide bonds. The molecule has 136 valence electrons. The third-order valence-electron chi connectivity index (χ3n) is 3.74. The fraction of sp³-hybridized carbons (Fsp3) is 0.200.